The van der Waals surface area contributed by atoms with Crippen LogP contribution < -0.4 is 5.56 Å². The third-order valence-electron chi connectivity index (χ3n) is 5.54. The molecule has 0 saturated carbocycles. The Bertz CT molecular complexity index is 1270. The van der Waals surface area contributed by atoms with Crippen LogP contribution in [-0.4, -0.2) is 30.7 Å². The molecule has 1 saturated heterocycles. The van der Waals surface area contributed by atoms with Crippen molar-refractivity contribution < 1.29 is 13.7 Å². The zero-order valence-corrected chi connectivity index (χ0v) is 16.1. The highest BCUT2D eigenvalue weighted by Gasteiger charge is 2.27. The highest BCUT2D eigenvalue weighted by atomic mass is 19.1. The van der Waals surface area contributed by atoms with Crippen LogP contribution in [0.1, 0.15) is 51.1 Å². The van der Waals surface area contributed by atoms with Gasteiger partial charge in [0.25, 0.3) is 11.4 Å². The smallest absolute Gasteiger partial charge is 0.278 e. The minimum atomic E-state index is -0.395. The zero-order chi connectivity index (χ0) is 20.1. The lowest BCUT2D eigenvalue weighted by atomic mass is 10.2. The van der Waals surface area contributed by atoms with Crippen molar-refractivity contribution in [2.75, 3.05) is 6.61 Å². The lowest BCUT2D eigenvalue weighted by molar-refractivity contribution is 0.0835. The average molecular weight is 397 g/mol. The third-order valence-corrected chi connectivity index (χ3v) is 5.54. The molecule has 0 amide bonds. The van der Waals surface area contributed by atoms with Crippen LogP contribution in [0.4, 0.5) is 4.39 Å². The minimum absolute atomic E-state index is 0.118. The Morgan fingerprint density at radius 3 is 2.97 bits per heavy atom. The zero-order valence-electron chi connectivity index (χ0n) is 16.1. The molecule has 4 aromatic rings. The molecule has 0 N–H and O–H groups in total. The number of nitrogens with zero attached hydrogens (tertiary/aromatic N) is 5. The van der Waals surface area contributed by atoms with Crippen LogP contribution >= 0.6 is 0 Å². The normalized spacial score (nSPS) is 18.1. The lowest BCUT2D eigenvalue weighted by Crippen LogP contribution is -2.25. The van der Waals surface area contributed by atoms with Gasteiger partial charge in [-0.25, -0.2) is 9.37 Å². The first-order valence-electron chi connectivity index (χ1n) is 9.75. The predicted octanol–water partition coefficient (Wildman–Crippen LogP) is 3.66. The van der Waals surface area contributed by atoms with Crippen molar-refractivity contribution >= 4 is 16.6 Å². The maximum atomic E-state index is 14.0. The fourth-order valence-electron chi connectivity index (χ4n) is 3.87. The lowest BCUT2D eigenvalue weighted by Gasteiger charge is -2.17. The summed E-state index contributed by atoms with van der Waals surface area (Å²) in [5.74, 6) is 0.240. The standard InChI is InChI=1S/C20H20FN5O3/c1-3-11(2)26-14-9-12(21)6-7-13(14)25-10-22-16(17(25)20(26)27)18-23-19(29-24-18)15-5-4-8-28-15/h6-7,9-11,15H,3-5,8H2,1-2H3. The Labute approximate surface area is 164 Å². The van der Waals surface area contributed by atoms with Crippen molar-refractivity contribution in [2.45, 2.75) is 45.3 Å². The highest BCUT2D eigenvalue weighted by molar-refractivity contribution is 5.83. The fraction of sp³-hybridized carbons (Fsp3) is 0.400. The van der Waals surface area contributed by atoms with E-state index in [1.165, 1.54) is 18.5 Å². The number of rotatable bonds is 4. The number of hydrogen-bond acceptors (Lipinski definition) is 6. The maximum absolute atomic E-state index is 14.0. The van der Waals surface area contributed by atoms with E-state index in [1.54, 1.807) is 15.0 Å². The second-order valence-corrected chi connectivity index (χ2v) is 7.34. The van der Waals surface area contributed by atoms with E-state index in [2.05, 4.69) is 15.1 Å². The summed E-state index contributed by atoms with van der Waals surface area (Å²) >= 11 is 0. The van der Waals surface area contributed by atoms with Crippen LogP contribution in [0.2, 0.25) is 0 Å². The van der Waals surface area contributed by atoms with Gasteiger partial charge < -0.3 is 13.8 Å². The molecule has 0 aliphatic carbocycles. The topological polar surface area (TPSA) is 87.5 Å². The Morgan fingerprint density at radius 2 is 2.21 bits per heavy atom. The Hall–Kier alpha value is -3.07. The monoisotopic (exact) mass is 397 g/mol. The summed E-state index contributed by atoms with van der Waals surface area (Å²) in [5, 5.41) is 4.03. The molecule has 2 atom stereocenters. The summed E-state index contributed by atoms with van der Waals surface area (Å²) in [6.45, 7) is 4.58. The van der Waals surface area contributed by atoms with E-state index in [0.717, 1.165) is 19.3 Å². The first kappa shape index (κ1) is 18.0. The molecule has 1 fully saturated rings. The van der Waals surface area contributed by atoms with Crippen LogP contribution in [0.5, 0.6) is 0 Å². The summed E-state index contributed by atoms with van der Waals surface area (Å²) in [5.41, 5.74) is 1.61. The van der Waals surface area contributed by atoms with Gasteiger partial charge in [0, 0.05) is 12.6 Å². The largest absolute Gasteiger partial charge is 0.368 e. The molecule has 0 bridgehead atoms. The molecule has 5 rings (SSSR count). The summed E-state index contributed by atoms with van der Waals surface area (Å²) in [7, 11) is 0. The molecule has 150 valence electrons. The average Bonchev–Trinajstić information content (AvgIpc) is 3.46. The van der Waals surface area contributed by atoms with Crippen molar-refractivity contribution in [1.82, 2.24) is 24.1 Å². The van der Waals surface area contributed by atoms with Crippen LogP contribution in [-0.2, 0) is 4.74 Å². The van der Waals surface area contributed by atoms with E-state index in [4.69, 9.17) is 9.26 Å². The van der Waals surface area contributed by atoms with Gasteiger partial charge in [0.15, 0.2) is 0 Å². The predicted molar refractivity (Wildman–Crippen MR) is 103 cm³/mol. The van der Waals surface area contributed by atoms with E-state index in [1.807, 2.05) is 13.8 Å². The molecule has 4 heterocycles. The summed E-state index contributed by atoms with van der Waals surface area (Å²) in [6.07, 6.45) is 3.80. The second kappa shape index (κ2) is 6.77. The number of ether oxygens (including phenoxy) is 1. The fourth-order valence-corrected chi connectivity index (χ4v) is 3.87. The first-order chi connectivity index (χ1) is 14.1. The molecule has 0 radical (unpaired) electrons. The van der Waals surface area contributed by atoms with E-state index in [-0.39, 0.29) is 23.5 Å². The van der Waals surface area contributed by atoms with Crippen molar-refractivity contribution in [1.29, 1.82) is 0 Å². The molecule has 3 aromatic heterocycles. The van der Waals surface area contributed by atoms with Crippen molar-refractivity contribution in [3.05, 3.63) is 46.6 Å². The van der Waals surface area contributed by atoms with Gasteiger partial charge >= 0.3 is 0 Å². The second-order valence-electron chi connectivity index (χ2n) is 7.34. The van der Waals surface area contributed by atoms with Gasteiger partial charge in [-0.1, -0.05) is 12.1 Å². The van der Waals surface area contributed by atoms with Gasteiger partial charge in [0.2, 0.25) is 5.82 Å². The van der Waals surface area contributed by atoms with Crippen LogP contribution in [0.25, 0.3) is 28.1 Å². The number of fused-ring (bicyclic) bond motifs is 3. The van der Waals surface area contributed by atoms with Crippen LogP contribution in [0.3, 0.4) is 0 Å². The number of hydrogen-bond donors (Lipinski definition) is 0. The van der Waals surface area contributed by atoms with Gasteiger partial charge in [-0.05, 0) is 44.4 Å². The van der Waals surface area contributed by atoms with Gasteiger partial charge in [0.1, 0.15) is 29.5 Å². The first-order valence-corrected chi connectivity index (χ1v) is 9.75. The Balaban J connectivity index is 1.77. The molecule has 1 aliphatic heterocycles. The molecule has 2 unspecified atom stereocenters. The molecule has 1 aliphatic rings. The molecule has 29 heavy (non-hydrogen) atoms. The maximum Gasteiger partial charge on any atom is 0.278 e. The molecule has 9 heteroatoms. The molecular formula is C20H20FN5O3. The summed E-state index contributed by atoms with van der Waals surface area (Å²) in [4.78, 5) is 22.3. The quantitative estimate of drug-likeness (QED) is 0.522. The van der Waals surface area contributed by atoms with E-state index in [9.17, 15) is 9.18 Å². The van der Waals surface area contributed by atoms with Crippen LogP contribution in [0.15, 0.2) is 33.8 Å². The number of halogens is 1. The van der Waals surface area contributed by atoms with Gasteiger partial charge in [-0.15, -0.1) is 0 Å². The van der Waals surface area contributed by atoms with Gasteiger partial charge in [-0.3, -0.25) is 9.20 Å². The van der Waals surface area contributed by atoms with Crippen molar-refractivity contribution in [3.8, 4) is 11.5 Å². The molecule has 0 spiro atoms. The third kappa shape index (κ3) is 2.76. The molecule has 1 aromatic carbocycles. The van der Waals surface area contributed by atoms with E-state index >= 15 is 0 Å². The summed E-state index contributed by atoms with van der Waals surface area (Å²) < 4.78 is 28.2. The molecule has 8 nitrogen and oxygen atoms in total. The van der Waals surface area contributed by atoms with E-state index in [0.29, 0.717) is 34.7 Å². The number of aromatic nitrogens is 5. The highest BCUT2D eigenvalue weighted by Crippen LogP contribution is 2.30. The number of benzene rings is 1. The van der Waals surface area contributed by atoms with Gasteiger partial charge in [-0.2, -0.15) is 4.98 Å². The van der Waals surface area contributed by atoms with Crippen molar-refractivity contribution in [3.63, 3.8) is 0 Å². The number of imidazole rings is 1. The summed E-state index contributed by atoms with van der Waals surface area (Å²) in [6, 6.07) is 4.28. The van der Waals surface area contributed by atoms with Gasteiger partial charge in [0.05, 0.1) is 11.0 Å². The van der Waals surface area contributed by atoms with E-state index < -0.39 is 5.82 Å². The minimum Gasteiger partial charge on any atom is -0.368 e. The van der Waals surface area contributed by atoms with Crippen LogP contribution in [0, 0.1) is 5.82 Å². The SMILES string of the molecule is CCC(C)n1c(=O)c2c(-c3noc(C4CCCO4)n3)ncn2c2ccc(F)cc21. The Kier molecular flexibility index (Phi) is 4.20. The Morgan fingerprint density at radius 1 is 1.34 bits per heavy atom. The van der Waals surface area contributed by atoms with Crippen molar-refractivity contribution in [2.24, 2.45) is 0 Å². The molecular weight excluding hydrogens is 377 g/mol.